The van der Waals surface area contributed by atoms with E-state index in [1.54, 1.807) is 31.2 Å². The predicted molar refractivity (Wildman–Crippen MR) is 64.2 cm³/mol. The Bertz CT molecular complexity index is 548. The number of benzene rings is 1. The van der Waals surface area contributed by atoms with Crippen molar-refractivity contribution in [1.82, 2.24) is 0 Å². The molecule has 0 atom stereocenters. The van der Waals surface area contributed by atoms with Crippen LogP contribution in [0.15, 0.2) is 40.5 Å². The Kier molecular flexibility index (Phi) is 4.31. The third-order valence-corrected chi connectivity index (χ3v) is 2.27. The van der Waals surface area contributed by atoms with Crippen molar-refractivity contribution in [3.63, 3.8) is 0 Å². The summed E-state index contributed by atoms with van der Waals surface area (Å²) in [6.45, 7) is 1.70. The molecular formula is C12H11F3N2O2. The summed E-state index contributed by atoms with van der Waals surface area (Å²) in [7, 11) is 0. The zero-order valence-electron chi connectivity index (χ0n) is 9.90. The zero-order valence-corrected chi connectivity index (χ0v) is 9.90. The maximum atomic E-state index is 12.4. The highest BCUT2D eigenvalue weighted by atomic mass is 19.4. The molecule has 0 amide bonds. The summed E-state index contributed by atoms with van der Waals surface area (Å²) in [5.41, 5.74) is 3.08. The summed E-state index contributed by atoms with van der Waals surface area (Å²) in [6, 6.07) is 6.61. The highest BCUT2D eigenvalue weighted by Crippen LogP contribution is 2.24. The molecule has 4 nitrogen and oxygen atoms in total. The molecule has 102 valence electrons. The lowest BCUT2D eigenvalue weighted by Gasteiger charge is -2.08. The van der Waals surface area contributed by atoms with Gasteiger partial charge in [-0.3, -0.25) is 4.99 Å². The number of alkyl halides is 3. The molecule has 0 radical (unpaired) electrons. The second kappa shape index (κ2) is 5.55. The fraction of sp³-hybridized carbons (Fsp3) is 0.167. The van der Waals surface area contributed by atoms with Gasteiger partial charge in [0.1, 0.15) is 11.3 Å². The number of hydrogen-bond acceptors (Lipinski definition) is 3. The molecule has 0 spiro atoms. The fourth-order valence-electron chi connectivity index (χ4n) is 1.24. The maximum absolute atomic E-state index is 12.4. The highest BCUT2D eigenvalue weighted by Gasteiger charge is 2.35. The largest absolute Gasteiger partial charge is 0.478 e. The molecule has 0 aromatic heterocycles. The standard InChI is InChI=1S/C12H11F3N2O2/c1-7-4-2-3-5-9(7)17-6-8(11(18)19)10(16)12(13,14)15/h2-6H,16H2,1H3,(H,18,19). The molecule has 0 saturated carbocycles. The molecule has 0 aliphatic rings. The molecule has 0 bridgehead atoms. The van der Waals surface area contributed by atoms with E-state index in [4.69, 9.17) is 10.8 Å². The molecule has 0 fully saturated rings. The molecule has 1 aromatic rings. The van der Waals surface area contributed by atoms with Crippen LogP contribution in [-0.4, -0.2) is 23.5 Å². The van der Waals surface area contributed by atoms with Crippen molar-refractivity contribution in [3.05, 3.63) is 41.1 Å². The minimum atomic E-state index is -4.91. The first-order valence-electron chi connectivity index (χ1n) is 5.13. The van der Waals surface area contributed by atoms with Gasteiger partial charge < -0.3 is 10.8 Å². The molecule has 1 aromatic carbocycles. The predicted octanol–water partition coefficient (Wildman–Crippen LogP) is 2.56. The van der Waals surface area contributed by atoms with Crippen molar-refractivity contribution in [2.75, 3.05) is 0 Å². The summed E-state index contributed by atoms with van der Waals surface area (Å²) in [4.78, 5) is 14.5. The van der Waals surface area contributed by atoms with Crippen LogP contribution in [0.1, 0.15) is 5.56 Å². The minimum absolute atomic E-state index is 0.372. The lowest BCUT2D eigenvalue weighted by atomic mass is 10.2. The monoisotopic (exact) mass is 272 g/mol. The van der Waals surface area contributed by atoms with Gasteiger partial charge in [0.05, 0.1) is 5.69 Å². The van der Waals surface area contributed by atoms with Gasteiger partial charge in [-0.15, -0.1) is 0 Å². The number of halogens is 3. The summed E-state index contributed by atoms with van der Waals surface area (Å²) in [6.07, 6.45) is -4.31. The first-order chi connectivity index (χ1) is 8.73. The number of hydrogen-bond donors (Lipinski definition) is 2. The third kappa shape index (κ3) is 3.84. The van der Waals surface area contributed by atoms with E-state index in [0.717, 1.165) is 0 Å². The van der Waals surface area contributed by atoms with Crippen molar-refractivity contribution in [1.29, 1.82) is 0 Å². The number of allylic oxidation sites excluding steroid dienone is 1. The van der Waals surface area contributed by atoms with E-state index in [0.29, 0.717) is 17.5 Å². The van der Waals surface area contributed by atoms with Crippen LogP contribution in [0, 0.1) is 6.92 Å². The number of nitrogens with zero attached hydrogens (tertiary/aromatic N) is 1. The molecule has 0 saturated heterocycles. The summed E-state index contributed by atoms with van der Waals surface area (Å²) < 4.78 is 37.1. The van der Waals surface area contributed by atoms with Crippen LogP contribution in [0.25, 0.3) is 0 Å². The van der Waals surface area contributed by atoms with Gasteiger partial charge in [0, 0.05) is 6.21 Å². The van der Waals surface area contributed by atoms with Gasteiger partial charge in [0.2, 0.25) is 0 Å². The smallest absolute Gasteiger partial charge is 0.431 e. The molecule has 0 aliphatic carbocycles. The van der Waals surface area contributed by atoms with E-state index in [9.17, 15) is 18.0 Å². The number of carbonyl (C=O) groups is 1. The van der Waals surface area contributed by atoms with Crippen LogP contribution in [-0.2, 0) is 4.79 Å². The Morgan fingerprint density at radius 1 is 1.37 bits per heavy atom. The summed E-state index contributed by atoms with van der Waals surface area (Å²) in [5, 5.41) is 8.73. The van der Waals surface area contributed by atoms with E-state index < -0.39 is 23.4 Å². The zero-order chi connectivity index (χ0) is 14.6. The molecule has 0 aliphatic heterocycles. The van der Waals surface area contributed by atoms with Crippen LogP contribution in [0.3, 0.4) is 0 Å². The molecule has 7 heteroatoms. The maximum Gasteiger partial charge on any atom is 0.431 e. The number of carboxylic acids is 1. The van der Waals surface area contributed by atoms with E-state index in [1.165, 1.54) is 0 Å². The Morgan fingerprint density at radius 2 is 1.95 bits per heavy atom. The summed E-state index contributed by atoms with van der Waals surface area (Å²) >= 11 is 0. The number of rotatable bonds is 3. The molecule has 1 rings (SSSR count). The van der Waals surface area contributed by atoms with Crippen molar-refractivity contribution in [2.45, 2.75) is 13.1 Å². The molecule has 0 unspecified atom stereocenters. The minimum Gasteiger partial charge on any atom is -0.478 e. The second-order valence-corrected chi connectivity index (χ2v) is 3.67. The van der Waals surface area contributed by atoms with Gasteiger partial charge >= 0.3 is 12.1 Å². The van der Waals surface area contributed by atoms with Crippen LogP contribution in [0.2, 0.25) is 0 Å². The average molecular weight is 272 g/mol. The van der Waals surface area contributed by atoms with E-state index in [2.05, 4.69) is 4.99 Å². The lowest BCUT2D eigenvalue weighted by Crippen LogP contribution is -2.25. The SMILES string of the molecule is Cc1ccccc1N=CC(C(=O)O)=C(N)C(F)(F)F. The fourth-order valence-corrected chi connectivity index (χ4v) is 1.24. The van der Waals surface area contributed by atoms with E-state index in [-0.39, 0.29) is 0 Å². The Morgan fingerprint density at radius 3 is 2.42 bits per heavy atom. The first kappa shape index (κ1) is 14.7. The Balaban J connectivity index is 3.19. The van der Waals surface area contributed by atoms with Crippen molar-refractivity contribution in [2.24, 2.45) is 10.7 Å². The Hall–Kier alpha value is -2.31. The van der Waals surface area contributed by atoms with E-state index in [1.807, 2.05) is 0 Å². The van der Waals surface area contributed by atoms with Gasteiger partial charge in [-0.25, -0.2) is 4.79 Å². The number of aliphatic carboxylic acids is 1. The molecule has 3 N–H and O–H groups in total. The Labute approximate surface area is 107 Å². The van der Waals surface area contributed by atoms with Crippen molar-refractivity contribution < 1.29 is 23.1 Å². The van der Waals surface area contributed by atoms with Gasteiger partial charge in [-0.2, -0.15) is 13.2 Å². The second-order valence-electron chi connectivity index (χ2n) is 3.67. The van der Waals surface area contributed by atoms with Crippen molar-refractivity contribution in [3.8, 4) is 0 Å². The average Bonchev–Trinajstić information content (AvgIpc) is 2.29. The van der Waals surface area contributed by atoms with Crippen LogP contribution < -0.4 is 5.73 Å². The number of para-hydroxylation sites is 1. The summed E-state index contributed by atoms with van der Waals surface area (Å²) in [5.74, 6) is -1.79. The van der Waals surface area contributed by atoms with Gasteiger partial charge in [0.25, 0.3) is 0 Å². The topological polar surface area (TPSA) is 75.7 Å². The highest BCUT2D eigenvalue weighted by molar-refractivity contribution is 6.10. The quantitative estimate of drug-likeness (QED) is 0.655. The van der Waals surface area contributed by atoms with Crippen LogP contribution >= 0.6 is 0 Å². The van der Waals surface area contributed by atoms with Crippen molar-refractivity contribution >= 4 is 17.9 Å². The number of nitrogens with two attached hydrogens (primary N) is 1. The van der Waals surface area contributed by atoms with Gasteiger partial charge in [-0.1, -0.05) is 18.2 Å². The number of carboxylic acid groups (broad SMARTS) is 1. The normalized spacial score (nSPS) is 13.5. The van der Waals surface area contributed by atoms with Crippen LogP contribution in [0.5, 0.6) is 0 Å². The number of aliphatic imine (C=N–C) groups is 1. The van der Waals surface area contributed by atoms with Gasteiger partial charge in [0.15, 0.2) is 0 Å². The lowest BCUT2D eigenvalue weighted by molar-refractivity contribution is -0.133. The van der Waals surface area contributed by atoms with Gasteiger partial charge in [-0.05, 0) is 18.6 Å². The van der Waals surface area contributed by atoms with E-state index >= 15 is 0 Å². The third-order valence-electron chi connectivity index (χ3n) is 2.27. The molecule has 0 heterocycles. The number of aryl methyl sites for hydroxylation is 1. The first-order valence-corrected chi connectivity index (χ1v) is 5.13. The molecule has 19 heavy (non-hydrogen) atoms. The molecular weight excluding hydrogens is 261 g/mol. The van der Waals surface area contributed by atoms with Crippen LogP contribution in [0.4, 0.5) is 18.9 Å².